The van der Waals surface area contributed by atoms with Gasteiger partial charge in [-0.05, 0) is 38.8 Å². The van der Waals surface area contributed by atoms with Crippen LogP contribution in [0.2, 0.25) is 0 Å². The van der Waals surface area contributed by atoms with E-state index in [0.717, 1.165) is 25.5 Å². The average molecular weight is 501 g/mol. The van der Waals surface area contributed by atoms with Gasteiger partial charge in [-0.1, -0.05) is 0 Å². The van der Waals surface area contributed by atoms with Gasteiger partial charge in [-0.15, -0.1) is 24.0 Å². The fourth-order valence-electron chi connectivity index (χ4n) is 2.69. The van der Waals surface area contributed by atoms with Gasteiger partial charge in [-0.25, -0.2) is 4.98 Å². The molecule has 0 amide bonds. The van der Waals surface area contributed by atoms with E-state index in [0.29, 0.717) is 25.6 Å². The summed E-state index contributed by atoms with van der Waals surface area (Å²) in [6.07, 6.45) is -1.10. The summed E-state index contributed by atoms with van der Waals surface area (Å²) in [7, 11) is 0. The minimum atomic E-state index is -4.43. The summed E-state index contributed by atoms with van der Waals surface area (Å²) in [5.74, 6) is 0.443. The summed E-state index contributed by atoms with van der Waals surface area (Å²) in [6, 6.07) is 2.28. The molecule has 1 aliphatic heterocycles. The Morgan fingerprint density at radius 2 is 2.11 bits per heavy atom. The lowest BCUT2D eigenvalue weighted by Gasteiger charge is -2.21. The lowest BCUT2D eigenvalue weighted by Crippen LogP contribution is -2.41. The summed E-state index contributed by atoms with van der Waals surface area (Å²) in [6.45, 7) is 6.64. The van der Waals surface area contributed by atoms with Crippen LogP contribution in [0.3, 0.4) is 0 Å². The van der Waals surface area contributed by atoms with Gasteiger partial charge in [0.2, 0.25) is 0 Å². The molecule has 0 bridgehead atoms. The number of rotatable bonds is 7. The molecule has 0 aromatic carbocycles. The van der Waals surface area contributed by atoms with Gasteiger partial charge in [0, 0.05) is 32.4 Å². The Hall–Kier alpha value is -1.30. The smallest absolute Gasteiger partial charge is 0.373 e. The average Bonchev–Trinajstić information content (AvgIpc) is 3.03. The van der Waals surface area contributed by atoms with E-state index < -0.39 is 11.7 Å². The molecule has 0 aliphatic carbocycles. The molecular weight excluding hydrogens is 474 g/mol. The summed E-state index contributed by atoms with van der Waals surface area (Å²) in [5, 5.41) is 8.94. The maximum Gasteiger partial charge on any atom is 0.419 e. The number of nitrogens with one attached hydrogen (secondary N) is 3. The lowest BCUT2D eigenvalue weighted by atomic mass is 10.0. The number of pyridine rings is 1. The molecule has 1 saturated heterocycles. The Kier molecular flexibility index (Phi) is 9.57. The van der Waals surface area contributed by atoms with E-state index in [1.165, 1.54) is 12.3 Å². The fourth-order valence-corrected chi connectivity index (χ4v) is 2.69. The van der Waals surface area contributed by atoms with Crippen LogP contribution in [0.25, 0.3) is 0 Å². The number of anilines is 1. The van der Waals surface area contributed by atoms with Crippen molar-refractivity contribution >= 4 is 35.8 Å². The molecule has 10 heteroatoms. The molecule has 1 atom stereocenters. The predicted molar refractivity (Wildman–Crippen MR) is 111 cm³/mol. The number of aromatic nitrogens is 1. The number of ether oxygens (including phenoxy) is 1. The van der Waals surface area contributed by atoms with Gasteiger partial charge in [0.1, 0.15) is 5.82 Å². The Labute approximate surface area is 174 Å². The minimum absolute atomic E-state index is 0. The van der Waals surface area contributed by atoms with Crippen LogP contribution in [-0.2, 0) is 10.9 Å². The molecule has 1 unspecified atom stereocenters. The highest BCUT2D eigenvalue weighted by Crippen LogP contribution is 2.33. The van der Waals surface area contributed by atoms with Gasteiger partial charge in [-0.2, -0.15) is 13.2 Å². The standard InChI is InChI=1S/C17H26F3N5O.HI/c1-3-21-15(25-12-16(2)7-5-11-26-16)24-10-9-23-14-13(17(18,19)20)6-4-8-22-14;/h4,6,8H,3,5,7,9-12H2,1-2H3,(H,22,23)(H2,21,24,25);1H. The first-order chi connectivity index (χ1) is 12.3. The van der Waals surface area contributed by atoms with Gasteiger partial charge >= 0.3 is 6.18 Å². The molecule has 0 spiro atoms. The normalized spacial score (nSPS) is 20.1. The van der Waals surface area contributed by atoms with Gasteiger partial charge in [0.05, 0.1) is 17.7 Å². The Balaban J connectivity index is 0.00000364. The Morgan fingerprint density at radius 3 is 2.74 bits per heavy atom. The van der Waals surface area contributed by atoms with Gasteiger partial charge in [0.25, 0.3) is 0 Å². The van der Waals surface area contributed by atoms with Crippen molar-refractivity contribution < 1.29 is 17.9 Å². The Bertz CT molecular complexity index is 606. The second kappa shape index (κ2) is 10.9. The van der Waals surface area contributed by atoms with Crippen molar-refractivity contribution in [1.82, 2.24) is 15.6 Å². The van der Waals surface area contributed by atoms with Crippen LogP contribution < -0.4 is 16.0 Å². The second-order valence-electron chi connectivity index (χ2n) is 6.35. The first-order valence-corrected chi connectivity index (χ1v) is 8.76. The zero-order valence-electron chi connectivity index (χ0n) is 15.5. The highest BCUT2D eigenvalue weighted by molar-refractivity contribution is 14.0. The lowest BCUT2D eigenvalue weighted by molar-refractivity contribution is -0.137. The van der Waals surface area contributed by atoms with Crippen molar-refractivity contribution in [2.75, 3.05) is 38.1 Å². The first kappa shape index (κ1) is 23.7. The number of nitrogens with zero attached hydrogens (tertiary/aromatic N) is 2. The van der Waals surface area contributed by atoms with Crippen molar-refractivity contribution in [1.29, 1.82) is 0 Å². The summed E-state index contributed by atoms with van der Waals surface area (Å²) >= 11 is 0. The molecule has 1 aromatic heterocycles. The summed E-state index contributed by atoms with van der Waals surface area (Å²) in [5.41, 5.74) is -1.01. The quantitative estimate of drug-likeness (QED) is 0.232. The van der Waals surface area contributed by atoms with E-state index in [-0.39, 0.29) is 41.9 Å². The molecule has 0 saturated carbocycles. The minimum Gasteiger partial charge on any atom is -0.373 e. The number of hydrogen-bond acceptors (Lipinski definition) is 4. The van der Waals surface area contributed by atoms with Crippen LogP contribution >= 0.6 is 24.0 Å². The zero-order valence-corrected chi connectivity index (χ0v) is 17.9. The molecule has 6 nitrogen and oxygen atoms in total. The maximum atomic E-state index is 12.9. The summed E-state index contributed by atoms with van der Waals surface area (Å²) in [4.78, 5) is 8.29. The van der Waals surface area contributed by atoms with E-state index in [2.05, 4.69) is 25.9 Å². The molecular formula is C17H27F3IN5O. The molecule has 2 rings (SSSR count). The van der Waals surface area contributed by atoms with Crippen molar-refractivity contribution in [3.8, 4) is 0 Å². The topological polar surface area (TPSA) is 70.6 Å². The maximum absolute atomic E-state index is 12.9. The van der Waals surface area contributed by atoms with E-state index in [1.807, 2.05) is 13.8 Å². The summed E-state index contributed by atoms with van der Waals surface area (Å²) < 4.78 is 44.5. The van der Waals surface area contributed by atoms with Crippen LogP contribution in [-0.4, -0.2) is 49.3 Å². The van der Waals surface area contributed by atoms with E-state index >= 15 is 0 Å². The van der Waals surface area contributed by atoms with Crippen molar-refractivity contribution in [3.05, 3.63) is 23.9 Å². The molecule has 154 valence electrons. The molecule has 0 radical (unpaired) electrons. The predicted octanol–water partition coefficient (Wildman–Crippen LogP) is 3.25. The second-order valence-corrected chi connectivity index (χ2v) is 6.35. The van der Waals surface area contributed by atoms with Crippen molar-refractivity contribution in [3.63, 3.8) is 0 Å². The van der Waals surface area contributed by atoms with Crippen LogP contribution in [0.5, 0.6) is 0 Å². The third-order valence-corrected chi connectivity index (χ3v) is 4.04. The van der Waals surface area contributed by atoms with Crippen LogP contribution in [0.4, 0.5) is 19.0 Å². The largest absolute Gasteiger partial charge is 0.419 e. The van der Waals surface area contributed by atoms with Crippen LogP contribution in [0.1, 0.15) is 32.3 Å². The molecule has 1 aliphatic rings. The van der Waals surface area contributed by atoms with Gasteiger partial charge in [0.15, 0.2) is 5.96 Å². The van der Waals surface area contributed by atoms with E-state index in [4.69, 9.17) is 4.74 Å². The third-order valence-electron chi connectivity index (χ3n) is 4.04. The van der Waals surface area contributed by atoms with Crippen molar-refractivity contribution in [2.24, 2.45) is 4.99 Å². The highest BCUT2D eigenvalue weighted by atomic mass is 127. The zero-order chi connectivity index (χ0) is 19.0. The molecule has 27 heavy (non-hydrogen) atoms. The molecule has 1 aromatic rings. The molecule has 1 fully saturated rings. The number of alkyl halides is 3. The Morgan fingerprint density at radius 1 is 1.33 bits per heavy atom. The third kappa shape index (κ3) is 7.68. The molecule has 3 N–H and O–H groups in total. The van der Waals surface area contributed by atoms with Crippen LogP contribution in [0, 0.1) is 0 Å². The first-order valence-electron chi connectivity index (χ1n) is 8.76. The SMILES string of the molecule is CCNC(=NCC1(C)CCCO1)NCCNc1ncccc1C(F)(F)F.I. The number of aliphatic imine (C=N–C) groups is 1. The van der Waals surface area contributed by atoms with Gasteiger partial charge in [-0.3, -0.25) is 4.99 Å². The number of hydrogen-bond donors (Lipinski definition) is 3. The number of halogens is 4. The van der Waals surface area contributed by atoms with E-state index in [1.54, 1.807) is 0 Å². The number of guanidine groups is 1. The van der Waals surface area contributed by atoms with Gasteiger partial charge < -0.3 is 20.7 Å². The van der Waals surface area contributed by atoms with E-state index in [9.17, 15) is 13.2 Å². The molecule has 2 heterocycles. The van der Waals surface area contributed by atoms with Crippen molar-refractivity contribution in [2.45, 2.75) is 38.5 Å². The fraction of sp³-hybridized carbons (Fsp3) is 0.647. The monoisotopic (exact) mass is 501 g/mol. The van der Waals surface area contributed by atoms with Crippen LogP contribution in [0.15, 0.2) is 23.3 Å². The highest BCUT2D eigenvalue weighted by Gasteiger charge is 2.34.